The van der Waals surface area contributed by atoms with Gasteiger partial charge in [-0.15, -0.1) is 0 Å². The fourth-order valence-corrected chi connectivity index (χ4v) is 2.24. The number of rotatable bonds is 4. The Morgan fingerprint density at radius 2 is 2.26 bits per heavy atom. The minimum atomic E-state index is -0.177. The number of hydrogen-bond acceptors (Lipinski definition) is 3. The molecule has 2 rings (SSSR count). The Morgan fingerprint density at radius 3 is 2.89 bits per heavy atom. The number of nitrogens with one attached hydrogen (secondary N) is 1. The Morgan fingerprint density at radius 1 is 1.47 bits per heavy atom. The normalized spacial score (nSPS) is 14.8. The molecule has 19 heavy (non-hydrogen) atoms. The van der Waals surface area contributed by atoms with E-state index in [1.165, 1.54) is 6.07 Å². The highest BCUT2D eigenvalue weighted by Gasteiger charge is 2.19. The third-order valence-electron chi connectivity index (χ3n) is 3.29. The first-order valence-corrected chi connectivity index (χ1v) is 6.43. The van der Waals surface area contributed by atoms with E-state index in [1.54, 1.807) is 24.0 Å². The van der Waals surface area contributed by atoms with Crippen molar-refractivity contribution in [3.8, 4) is 5.75 Å². The number of phenolic OH excluding ortho intramolecular Hbond substituents is 1. The van der Waals surface area contributed by atoms with Gasteiger partial charge in [0.05, 0.1) is 0 Å². The van der Waals surface area contributed by atoms with Crippen molar-refractivity contribution in [2.24, 2.45) is 0 Å². The zero-order valence-corrected chi connectivity index (χ0v) is 11.0. The second-order valence-electron chi connectivity index (χ2n) is 4.74. The Balaban J connectivity index is 1.85. The molecule has 0 aromatic heterocycles. The molecular formula is C14H18N2O3. The van der Waals surface area contributed by atoms with E-state index in [2.05, 4.69) is 5.32 Å². The van der Waals surface area contributed by atoms with Gasteiger partial charge < -0.3 is 15.3 Å². The van der Waals surface area contributed by atoms with Crippen LogP contribution in [0.4, 0.5) is 0 Å². The molecule has 1 aromatic carbocycles. The SMILES string of the molecule is Cc1cc(O)ccc1C(=O)NCCN1CCCC1=O. The van der Waals surface area contributed by atoms with Gasteiger partial charge in [-0.1, -0.05) is 0 Å². The van der Waals surface area contributed by atoms with Crippen molar-refractivity contribution in [1.29, 1.82) is 0 Å². The van der Waals surface area contributed by atoms with Crippen molar-refractivity contribution in [3.63, 3.8) is 0 Å². The monoisotopic (exact) mass is 262 g/mol. The van der Waals surface area contributed by atoms with E-state index in [4.69, 9.17) is 0 Å². The van der Waals surface area contributed by atoms with Gasteiger partial charge in [0, 0.05) is 31.6 Å². The second kappa shape index (κ2) is 5.73. The van der Waals surface area contributed by atoms with E-state index in [9.17, 15) is 14.7 Å². The molecule has 1 aromatic rings. The Labute approximate surface area is 112 Å². The molecule has 0 saturated carbocycles. The van der Waals surface area contributed by atoms with Gasteiger partial charge in [-0.25, -0.2) is 0 Å². The molecule has 0 bridgehead atoms. The summed E-state index contributed by atoms with van der Waals surface area (Å²) in [5.41, 5.74) is 1.28. The number of carbonyl (C=O) groups excluding carboxylic acids is 2. The van der Waals surface area contributed by atoms with Gasteiger partial charge in [-0.2, -0.15) is 0 Å². The number of phenols is 1. The lowest BCUT2D eigenvalue weighted by Crippen LogP contribution is -2.35. The van der Waals surface area contributed by atoms with E-state index in [1.807, 2.05) is 0 Å². The van der Waals surface area contributed by atoms with Gasteiger partial charge >= 0.3 is 0 Å². The number of hydrogen-bond donors (Lipinski definition) is 2. The minimum absolute atomic E-state index is 0.150. The lowest BCUT2D eigenvalue weighted by Gasteiger charge is -2.16. The van der Waals surface area contributed by atoms with E-state index in [0.29, 0.717) is 25.1 Å². The van der Waals surface area contributed by atoms with Gasteiger partial charge in [-0.05, 0) is 37.1 Å². The van der Waals surface area contributed by atoms with Crippen LogP contribution in [0.25, 0.3) is 0 Å². The lowest BCUT2D eigenvalue weighted by atomic mass is 10.1. The summed E-state index contributed by atoms with van der Waals surface area (Å²) in [5.74, 6) is 0.135. The third-order valence-corrected chi connectivity index (χ3v) is 3.29. The summed E-state index contributed by atoms with van der Waals surface area (Å²) in [6, 6.07) is 4.64. The molecule has 1 aliphatic heterocycles. The summed E-state index contributed by atoms with van der Waals surface area (Å²) >= 11 is 0. The number of benzene rings is 1. The molecular weight excluding hydrogens is 244 g/mol. The number of aryl methyl sites for hydroxylation is 1. The summed E-state index contributed by atoms with van der Waals surface area (Å²) in [4.78, 5) is 25.1. The highest BCUT2D eigenvalue weighted by Crippen LogP contribution is 2.15. The van der Waals surface area contributed by atoms with Crippen LogP contribution in [-0.4, -0.2) is 41.5 Å². The van der Waals surface area contributed by atoms with E-state index in [0.717, 1.165) is 18.5 Å². The molecule has 2 N–H and O–H groups in total. The first-order valence-electron chi connectivity index (χ1n) is 6.43. The van der Waals surface area contributed by atoms with Crippen molar-refractivity contribution in [1.82, 2.24) is 10.2 Å². The zero-order chi connectivity index (χ0) is 13.8. The summed E-state index contributed by atoms with van der Waals surface area (Å²) in [5, 5.41) is 12.1. The molecule has 0 aliphatic carbocycles. The van der Waals surface area contributed by atoms with Crippen LogP contribution in [0.1, 0.15) is 28.8 Å². The van der Waals surface area contributed by atoms with Crippen LogP contribution < -0.4 is 5.32 Å². The van der Waals surface area contributed by atoms with Crippen molar-refractivity contribution in [2.45, 2.75) is 19.8 Å². The number of aromatic hydroxyl groups is 1. The molecule has 0 spiro atoms. The minimum Gasteiger partial charge on any atom is -0.508 e. The predicted octanol–water partition coefficient (Wildman–Crippen LogP) is 1.05. The van der Waals surface area contributed by atoms with E-state index < -0.39 is 0 Å². The highest BCUT2D eigenvalue weighted by atomic mass is 16.3. The van der Waals surface area contributed by atoms with Crippen LogP contribution in [0.5, 0.6) is 5.75 Å². The molecule has 1 aliphatic rings. The van der Waals surface area contributed by atoms with Crippen LogP contribution in [0.3, 0.4) is 0 Å². The largest absolute Gasteiger partial charge is 0.508 e. The van der Waals surface area contributed by atoms with Crippen LogP contribution in [0.15, 0.2) is 18.2 Å². The van der Waals surface area contributed by atoms with Crippen LogP contribution in [-0.2, 0) is 4.79 Å². The van der Waals surface area contributed by atoms with Gasteiger partial charge in [0.15, 0.2) is 0 Å². The van der Waals surface area contributed by atoms with E-state index in [-0.39, 0.29) is 17.6 Å². The Hall–Kier alpha value is -2.04. The van der Waals surface area contributed by atoms with Crippen molar-refractivity contribution < 1.29 is 14.7 Å². The molecule has 5 heteroatoms. The topological polar surface area (TPSA) is 69.6 Å². The molecule has 1 heterocycles. The summed E-state index contributed by atoms with van der Waals surface area (Å²) in [6.45, 7) is 3.57. The summed E-state index contributed by atoms with van der Waals surface area (Å²) < 4.78 is 0. The van der Waals surface area contributed by atoms with Crippen LogP contribution >= 0.6 is 0 Å². The highest BCUT2D eigenvalue weighted by molar-refractivity contribution is 5.95. The maximum Gasteiger partial charge on any atom is 0.251 e. The Bertz CT molecular complexity index is 499. The van der Waals surface area contributed by atoms with Crippen LogP contribution in [0, 0.1) is 6.92 Å². The maximum absolute atomic E-state index is 11.9. The molecule has 1 saturated heterocycles. The number of likely N-dealkylation sites (tertiary alicyclic amines) is 1. The number of carbonyl (C=O) groups is 2. The van der Waals surface area contributed by atoms with Gasteiger partial charge in [0.2, 0.25) is 5.91 Å². The molecule has 0 atom stereocenters. The Kier molecular flexibility index (Phi) is 4.04. The predicted molar refractivity (Wildman–Crippen MR) is 71.0 cm³/mol. The third kappa shape index (κ3) is 3.24. The average Bonchev–Trinajstić information content (AvgIpc) is 2.75. The first-order chi connectivity index (χ1) is 9.08. The van der Waals surface area contributed by atoms with Crippen LogP contribution in [0.2, 0.25) is 0 Å². The summed E-state index contributed by atoms with van der Waals surface area (Å²) in [6.07, 6.45) is 1.52. The quantitative estimate of drug-likeness (QED) is 0.852. The van der Waals surface area contributed by atoms with Crippen molar-refractivity contribution >= 4 is 11.8 Å². The standard InChI is InChI=1S/C14H18N2O3/c1-10-9-11(17)4-5-12(10)14(19)15-6-8-16-7-2-3-13(16)18/h4-5,9,17H,2-3,6-8H2,1H3,(H,15,19). The van der Waals surface area contributed by atoms with Crippen molar-refractivity contribution in [3.05, 3.63) is 29.3 Å². The molecule has 0 unspecified atom stereocenters. The average molecular weight is 262 g/mol. The molecule has 0 radical (unpaired) electrons. The molecule has 2 amide bonds. The lowest BCUT2D eigenvalue weighted by molar-refractivity contribution is -0.127. The first kappa shape index (κ1) is 13.4. The van der Waals surface area contributed by atoms with E-state index >= 15 is 0 Å². The smallest absolute Gasteiger partial charge is 0.251 e. The maximum atomic E-state index is 11.9. The van der Waals surface area contributed by atoms with Gasteiger partial charge in [0.1, 0.15) is 5.75 Å². The zero-order valence-electron chi connectivity index (χ0n) is 11.0. The fourth-order valence-electron chi connectivity index (χ4n) is 2.24. The fraction of sp³-hybridized carbons (Fsp3) is 0.429. The second-order valence-corrected chi connectivity index (χ2v) is 4.74. The summed E-state index contributed by atoms with van der Waals surface area (Å²) in [7, 11) is 0. The van der Waals surface area contributed by atoms with Gasteiger partial charge in [0.25, 0.3) is 5.91 Å². The van der Waals surface area contributed by atoms with Gasteiger partial charge in [-0.3, -0.25) is 9.59 Å². The van der Waals surface area contributed by atoms with Crippen molar-refractivity contribution in [2.75, 3.05) is 19.6 Å². The molecule has 102 valence electrons. The molecule has 5 nitrogen and oxygen atoms in total. The molecule has 1 fully saturated rings. The number of nitrogens with zero attached hydrogens (tertiary/aromatic N) is 1. The number of amides is 2.